The molecule has 1 saturated heterocycles. The zero-order valence-corrected chi connectivity index (χ0v) is 23.0. The van der Waals surface area contributed by atoms with Crippen molar-refractivity contribution in [1.29, 1.82) is 0 Å². The number of hydrogen-bond acceptors (Lipinski definition) is 5. The summed E-state index contributed by atoms with van der Waals surface area (Å²) < 4.78 is 16.8. The molecular formula is C34H37NO5. The van der Waals surface area contributed by atoms with Gasteiger partial charge in [-0.05, 0) is 60.4 Å². The maximum absolute atomic E-state index is 12.6. The van der Waals surface area contributed by atoms with Crippen molar-refractivity contribution in [3.05, 3.63) is 103 Å². The maximum atomic E-state index is 12.6. The molecule has 2 aliphatic rings. The molecule has 40 heavy (non-hydrogen) atoms. The number of benzene rings is 3. The number of para-hydroxylation sites is 1. The minimum Gasteiger partial charge on any atom is -0.469 e. The average molecular weight is 540 g/mol. The number of fused-ring (bicyclic) bond motifs is 2. The molecule has 1 N–H and O–H groups in total. The maximum Gasteiger partial charge on any atom is 0.411 e. The summed E-state index contributed by atoms with van der Waals surface area (Å²) >= 11 is 0. The van der Waals surface area contributed by atoms with Crippen LogP contribution in [0.15, 0.2) is 97.1 Å². The molecule has 0 aromatic heterocycles. The van der Waals surface area contributed by atoms with Crippen molar-refractivity contribution < 1.29 is 23.8 Å². The molecule has 0 unspecified atom stereocenters. The van der Waals surface area contributed by atoms with Crippen molar-refractivity contribution in [2.45, 2.75) is 43.6 Å². The second kappa shape index (κ2) is 13.0. The first kappa shape index (κ1) is 27.7. The first-order valence-electron chi connectivity index (χ1n) is 14.1. The van der Waals surface area contributed by atoms with E-state index in [9.17, 15) is 9.59 Å². The molecule has 1 aliphatic carbocycles. The Kier molecular flexibility index (Phi) is 8.97. The number of ether oxygens (including phenoxy) is 3. The Bertz CT molecular complexity index is 1290. The van der Waals surface area contributed by atoms with Crippen LogP contribution < -0.4 is 5.32 Å². The van der Waals surface area contributed by atoms with Gasteiger partial charge in [-0.15, -0.1) is 0 Å². The third-order valence-electron chi connectivity index (χ3n) is 8.35. The average Bonchev–Trinajstić information content (AvgIpc) is 3.57. The molecule has 4 atom stereocenters. The van der Waals surface area contributed by atoms with E-state index in [0.717, 1.165) is 25.7 Å². The van der Waals surface area contributed by atoms with E-state index in [-0.39, 0.29) is 29.3 Å². The van der Waals surface area contributed by atoms with Gasteiger partial charge in [0.1, 0.15) is 0 Å². The number of nitrogens with one attached hydrogen (secondary N) is 1. The molecular weight excluding hydrogens is 502 g/mol. The van der Waals surface area contributed by atoms with Gasteiger partial charge in [0.25, 0.3) is 0 Å². The molecule has 5 rings (SSSR count). The molecule has 1 saturated carbocycles. The van der Waals surface area contributed by atoms with Crippen LogP contribution in [0.1, 0.15) is 37.7 Å². The fourth-order valence-corrected chi connectivity index (χ4v) is 6.27. The Hall–Kier alpha value is -3.90. The predicted octanol–water partition coefficient (Wildman–Crippen LogP) is 7.16. The number of carbonyl (C=O) groups is 2. The molecule has 6 heteroatoms. The van der Waals surface area contributed by atoms with Gasteiger partial charge in [-0.25, -0.2) is 4.79 Å². The molecule has 3 aromatic carbocycles. The number of allylic oxidation sites excluding steroid dienone is 2. The number of amides is 1. The largest absolute Gasteiger partial charge is 0.469 e. The van der Waals surface area contributed by atoms with Crippen LogP contribution in [-0.4, -0.2) is 38.5 Å². The molecule has 208 valence electrons. The first-order chi connectivity index (χ1) is 19.6. The normalized spacial score (nSPS) is 23.3. The fourth-order valence-electron chi connectivity index (χ4n) is 6.27. The Morgan fingerprint density at radius 1 is 0.950 bits per heavy atom. The number of esters is 1. The van der Waals surface area contributed by atoms with E-state index >= 15 is 0 Å². The van der Waals surface area contributed by atoms with Crippen LogP contribution in [-0.2, 0) is 24.4 Å². The number of carbonyl (C=O) groups excluding carboxylic acids is 2. The second-order valence-electron chi connectivity index (χ2n) is 10.7. The zero-order valence-electron chi connectivity index (χ0n) is 23.0. The summed E-state index contributed by atoms with van der Waals surface area (Å²) in [6.45, 7) is 0.962. The monoisotopic (exact) mass is 539 g/mol. The summed E-state index contributed by atoms with van der Waals surface area (Å²) in [6, 6.07) is 28.6. The SMILES string of the molecule is COC(=O)CCC/C=C\C[C@H]1[C@H](COC(=O)Nc2ccccc2)[C@@H]2C[C@@]1(c1ccc(-c3ccccc3)cc1)CO2. The summed E-state index contributed by atoms with van der Waals surface area (Å²) in [5.41, 5.74) is 4.22. The van der Waals surface area contributed by atoms with Gasteiger partial charge in [0.15, 0.2) is 0 Å². The Balaban J connectivity index is 1.31. The summed E-state index contributed by atoms with van der Waals surface area (Å²) in [7, 11) is 1.42. The van der Waals surface area contributed by atoms with Crippen LogP contribution >= 0.6 is 0 Å². The topological polar surface area (TPSA) is 73.9 Å². The molecule has 2 fully saturated rings. The number of methoxy groups -OCH3 is 1. The highest BCUT2D eigenvalue weighted by Gasteiger charge is 2.59. The summed E-state index contributed by atoms with van der Waals surface area (Å²) in [5, 5.41) is 2.81. The Morgan fingerprint density at radius 2 is 1.65 bits per heavy atom. The van der Waals surface area contributed by atoms with Gasteiger partial charge in [0.05, 0.1) is 26.4 Å². The number of anilines is 1. The molecule has 1 heterocycles. The van der Waals surface area contributed by atoms with E-state index < -0.39 is 6.09 Å². The second-order valence-corrected chi connectivity index (χ2v) is 10.7. The van der Waals surface area contributed by atoms with E-state index in [0.29, 0.717) is 25.3 Å². The number of unbranched alkanes of at least 4 members (excludes halogenated alkanes) is 1. The molecule has 0 radical (unpaired) electrons. The molecule has 0 spiro atoms. The lowest BCUT2D eigenvalue weighted by atomic mass is 9.69. The van der Waals surface area contributed by atoms with Crippen LogP contribution in [0.2, 0.25) is 0 Å². The summed E-state index contributed by atoms with van der Waals surface area (Å²) in [6.07, 6.45) is 7.73. The van der Waals surface area contributed by atoms with E-state index in [1.54, 1.807) is 0 Å². The van der Waals surface area contributed by atoms with Gasteiger partial charge in [-0.3, -0.25) is 10.1 Å². The minimum absolute atomic E-state index is 0.0380. The predicted molar refractivity (Wildman–Crippen MR) is 156 cm³/mol. The zero-order chi connectivity index (χ0) is 27.8. The Labute approximate surface area is 236 Å². The third-order valence-corrected chi connectivity index (χ3v) is 8.35. The van der Waals surface area contributed by atoms with Crippen LogP contribution in [0.3, 0.4) is 0 Å². The third kappa shape index (κ3) is 6.28. The van der Waals surface area contributed by atoms with Crippen LogP contribution in [0, 0.1) is 11.8 Å². The van der Waals surface area contributed by atoms with Crippen LogP contribution in [0.25, 0.3) is 11.1 Å². The molecule has 2 bridgehead atoms. The van der Waals surface area contributed by atoms with Gasteiger partial charge in [0, 0.05) is 23.4 Å². The van der Waals surface area contributed by atoms with E-state index in [4.69, 9.17) is 14.2 Å². The van der Waals surface area contributed by atoms with E-state index in [2.05, 4.69) is 66.0 Å². The van der Waals surface area contributed by atoms with Crippen molar-refractivity contribution in [3.63, 3.8) is 0 Å². The van der Waals surface area contributed by atoms with Crippen LogP contribution in [0.4, 0.5) is 10.5 Å². The van der Waals surface area contributed by atoms with Crippen molar-refractivity contribution in [1.82, 2.24) is 0 Å². The first-order valence-corrected chi connectivity index (χ1v) is 14.1. The quantitative estimate of drug-likeness (QED) is 0.159. The van der Waals surface area contributed by atoms with Gasteiger partial charge in [-0.1, -0.05) is 84.9 Å². The summed E-state index contributed by atoms with van der Waals surface area (Å²) in [5.74, 6) is 0.168. The van der Waals surface area contributed by atoms with Gasteiger partial charge < -0.3 is 14.2 Å². The molecule has 3 aromatic rings. The van der Waals surface area contributed by atoms with Crippen molar-refractivity contribution in [3.8, 4) is 11.1 Å². The smallest absolute Gasteiger partial charge is 0.411 e. The lowest BCUT2D eigenvalue weighted by Crippen LogP contribution is -2.41. The van der Waals surface area contributed by atoms with Crippen LogP contribution in [0.5, 0.6) is 0 Å². The highest BCUT2D eigenvalue weighted by atomic mass is 16.6. The number of hydrogen-bond donors (Lipinski definition) is 1. The van der Waals surface area contributed by atoms with Crippen molar-refractivity contribution >= 4 is 17.7 Å². The molecule has 1 aliphatic heterocycles. The van der Waals surface area contributed by atoms with Gasteiger partial charge in [-0.2, -0.15) is 0 Å². The van der Waals surface area contributed by atoms with Gasteiger partial charge >= 0.3 is 12.1 Å². The number of rotatable bonds is 11. The summed E-state index contributed by atoms with van der Waals surface area (Å²) in [4.78, 5) is 24.0. The fraction of sp³-hybridized carbons (Fsp3) is 0.353. The van der Waals surface area contributed by atoms with Gasteiger partial charge in [0.2, 0.25) is 0 Å². The molecule has 1 amide bonds. The van der Waals surface area contributed by atoms with Crippen molar-refractivity contribution in [2.75, 3.05) is 25.6 Å². The minimum atomic E-state index is -0.452. The lowest BCUT2D eigenvalue weighted by molar-refractivity contribution is -0.140. The Morgan fingerprint density at radius 3 is 2.38 bits per heavy atom. The van der Waals surface area contributed by atoms with Crippen molar-refractivity contribution in [2.24, 2.45) is 11.8 Å². The lowest BCUT2D eigenvalue weighted by Gasteiger charge is -2.39. The highest BCUT2D eigenvalue weighted by Crippen LogP contribution is 2.56. The van der Waals surface area contributed by atoms with E-state index in [1.807, 2.05) is 36.4 Å². The van der Waals surface area contributed by atoms with E-state index in [1.165, 1.54) is 23.8 Å². The highest BCUT2D eigenvalue weighted by molar-refractivity contribution is 5.84. The standard InChI is InChI=1S/C34H37NO5/c1-38-32(36)17-11-3-2-10-16-30-29(23-39-33(37)35-28-14-8-5-9-15-28)31-22-34(30,24-40-31)27-20-18-26(19-21-27)25-12-6-4-7-13-25/h2,4-10,12-15,18-21,29-31H,3,11,16-17,22-24H2,1H3,(H,35,37)/b10-2-/t29-,30-,31-,34-/m0/s1. The molecule has 6 nitrogen and oxygen atoms in total.